The van der Waals surface area contributed by atoms with Gasteiger partial charge in [-0.05, 0) is 43.2 Å². The number of aryl methyl sites for hydroxylation is 1. The molecule has 0 unspecified atom stereocenters. The second-order valence-electron chi connectivity index (χ2n) is 5.09. The maximum atomic E-state index is 9.30. The number of methoxy groups -OCH3 is 1. The molecule has 0 aliphatic rings. The van der Waals surface area contributed by atoms with Crippen molar-refractivity contribution in [2.24, 2.45) is 0 Å². The van der Waals surface area contributed by atoms with Gasteiger partial charge in [-0.15, -0.1) is 11.3 Å². The van der Waals surface area contributed by atoms with Crippen LogP contribution in [-0.4, -0.2) is 12.1 Å². The van der Waals surface area contributed by atoms with Crippen molar-refractivity contribution in [3.05, 3.63) is 76.8 Å². The van der Waals surface area contributed by atoms with E-state index in [1.165, 1.54) is 7.14 Å². The quantitative estimate of drug-likeness (QED) is 0.433. The summed E-state index contributed by atoms with van der Waals surface area (Å²) < 4.78 is 7.63. The number of aromatic nitrogens is 1. The van der Waals surface area contributed by atoms with Crippen molar-refractivity contribution in [1.29, 1.82) is 5.26 Å². The molecule has 2 aromatic carbocycles. The fraction of sp³-hybridized carbons (Fsp3) is 0.100. The van der Waals surface area contributed by atoms with Crippen molar-refractivity contribution in [2.45, 2.75) is 6.92 Å². The Bertz CT molecular complexity index is 991. The highest BCUT2D eigenvalue weighted by atomic mass is 127. The van der Waals surface area contributed by atoms with Gasteiger partial charge in [-0.1, -0.05) is 5.92 Å². The van der Waals surface area contributed by atoms with Crippen molar-refractivity contribution in [3.63, 3.8) is 0 Å². The average Bonchev–Trinajstić information content (AvgIpc) is 3.06. The van der Waals surface area contributed by atoms with E-state index in [-0.39, 0.29) is 21.2 Å². The molecule has 0 spiro atoms. The first kappa shape index (κ1) is 17.5. The molecule has 0 amide bonds. The highest BCUT2D eigenvalue weighted by molar-refractivity contribution is 7.09. The lowest BCUT2D eigenvalue weighted by molar-refractivity contribution is -0.597. The first-order chi connectivity index (χ1) is 12.2. The maximum Gasteiger partial charge on any atom is 0.357 e. The van der Waals surface area contributed by atoms with Crippen LogP contribution in [0.4, 0.5) is 0 Å². The SMILES string of the molecule is COc1ccc([I+]c2cc(C#N)cc(C#Cc3csc(C)n3)c2)cc1. The molecule has 25 heavy (non-hydrogen) atoms. The van der Waals surface area contributed by atoms with Crippen LogP contribution in [-0.2, 0) is 0 Å². The molecule has 0 atom stereocenters. The zero-order chi connectivity index (χ0) is 17.6. The van der Waals surface area contributed by atoms with Gasteiger partial charge in [0.05, 0.1) is 23.8 Å². The highest BCUT2D eigenvalue weighted by Crippen LogP contribution is 2.08. The molecule has 3 rings (SSSR count). The summed E-state index contributed by atoms with van der Waals surface area (Å²) in [6.45, 7) is 1.96. The van der Waals surface area contributed by atoms with Crippen LogP contribution in [0.25, 0.3) is 0 Å². The number of benzene rings is 2. The van der Waals surface area contributed by atoms with E-state index in [1.54, 1.807) is 18.4 Å². The Labute approximate surface area is 161 Å². The van der Waals surface area contributed by atoms with Crippen LogP contribution in [0.1, 0.15) is 21.8 Å². The zero-order valence-electron chi connectivity index (χ0n) is 13.7. The molecule has 0 saturated carbocycles. The summed E-state index contributed by atoms with van der Waals surface area (Å²) in [7, 11) is 1.66. The van der Waals surface area contributed by atoms with Gasteiger partial charge in [-0.2, -0.15) is 5.26 Å². The number of nitrogens with zero attached hydrogens (tertiary/aromatic N) is 2. The van der Waals surface area contributed by atoms with Gasteiger partial charge in [0.25, 0.3) is 0 Å². The van der Waals surface area contributed by atoms with E-state index < -0.39 is 0 Å². The van der Waals surface area contributed by atoms with Gasteiger partial charge in [0.2, 0.25) is 0 Å². The fourth-order valence-corrected chi connectivity index (χ4v) is 5.06. The summed E-state index contributed by atoms with van der Waals surface area (Å²) in [5.74, 6) is 7.06. The van der Waals surface area contributed by atoms with E-state index in [1.807, 2.05) is 36.6 Å². The number of rotatable bonds is 3. The van der Waals surface area contributed by atoms with E-state index in [9.17, 15) is 5.26 Å². The maximum absolute atomic E-state index is 9.30. The Morgan fingerprint density at radius 3 is 2.44 bits per heavy atom. The third kappa shape index (κ3) is 4.82. The Morgan fingerprint density at radius 1 is 1.04 bits per heavy atom. The molecule has 0 radical (unpaired) electrons. The van der Waals surface area contributed by atoms with Crippen molar-refractivity contribution >= 4 is 11.3 Å². The topological polar surface area (TPSA) is 45.9 Å². The van der Waals surface area contributed by atoms with Crippen LogP contribution in [0, 0.1) is 37.2 Å². The molecule has 0 bridgehead atoms. The molecule has 122 valence electrons. The van der Waals surface area contributed by atoms with Crippen LogP contribution in [0.5, 0.6) is 5.75 Å². The van der Waals surface area contributed by atoms with Crippen molar-refractivity contribution in [3.8, 4) is 23.7 Å². The van der Waals surface area contributed by atoms with E-state index in [2.05, 4.69) is 41.1 Å². The molecular weight excluding hydrogens is 443 g/mol. The van der Waals surface area contributed by atoms with Gasteiger partial charge < -0.3 is 4.74 Å². The minimum absolute atomic E-state index is 0.380. The van der Waals surface area contributed by atoms with Crippen molar-refractivity contribution in [1.82, 2.24) is 4.98 Å². The Balaban J connectivity index is 1.87. The van der Waals surface area contributed by atoms with Gasteiger partial charge in [0.15, 0.2) is 7.14 Å². The molecule has 3 aromatic rings. The number of hydrogen-bond donors (Lipinski definition) is 0. The molecule has 1 heterocycles. The third-order valence-electron chi connectivity index (χ3n) is 3.25. The molecule has 1 aromatic heterocycles. The van der Waals surface area contributed by atoms with Gasteiger partial charge >= 0.3 is 21.2 Å². The average molecular weight is 457 g/mol. The predicted molar refractivity (Wildman–Crippen MR) is 94.4 cm³/mol. The molecular formula is C20H14IN2OS+. The molecule has 3 nitrogen and oxygen atoms in total. The molecule has 0 aliphatic carbocycles. The number of hydrogen-bond acceptors (Lipinski definition) is 4. The monoisotopic (exact) mass is 457 g/mol. The van der Waals surface area contributed by atoms with Gasteiger partial charge in [0.1, 0.15) is 11.4 Å². The van der Waals surface area contributed by atoms with Gasteiger partial charge in [-0.25, -0.2) is 4.98 Å². The first-order valence-electron chi connectivity index (χ1n) is 7.44. The second kappa shape index (κ2) is 8.15. The summed E-state index contributed by atoms with van der Waals surface area (Å²) in [5.41, 5.74) is 2.27. The normalized spacial score (nSPS) is 9.80. The number of halogens is 1. The molecule has 0 saturated heterocycles. The van der Waals surface area contributed by atoms with E-state index in [0.29, 0.717) is 5.56 Å². The Hall–Kier alpha value is -2.35. The summed E-state index contributed by atoms with van der Waals surface area (Å²) in [6, 6.07) is 16.2. The third-order valence-corrected chi connectivity index (χ3v) is 6.61. The van der Waals surface area contributed by atoms with E-state index >= 15 is 0 Å². The van der Waals surface area contributed by atoms with Crippen LogP contribution in [0.3, 0.4) is 0 Å². The fourth-order valence-electron chi connectivity index (χ4n) is 2.10. The van der Waals surface area contributed by atoms with Gasteiger partial charge in [0, 0.05) is 23.1 Å². The second-order valence-corrected chi connectivity index (χ2v) is 9.19. The number of thiazole rings is 1. The minimum Gasteiger partial charge on any atom is -0.497 e. The smallest absolute Gasteiger partial charge is 0.357 e. The molecule has 0 N–H and O–H groups in total. The van der Waals surface area contributed by atoms with E-state index in [4.69, 9.17) is 4.74 Å². The highest BCUT2D eigenvalue weighted by Gasteiger charge is 2.17. The molecule has 5 heteroatoms. The van der Waals surface area contributed by atoms with Gasteiger partial charge in [-0.3, -0.25) is 0 Å². The van der Waals surface area contributed by atoms with E-state index in [0.717, 1.165) is 22.0 Å². The zero-order valence-corrected chi connectivity index (χ0v) is 16.7. The Morgan fingerprint density at radius 2 is 1.80 bits per heavy atom. The molecule has 0 aliphatic heterocycles. The first-order valence-corrected chi connectivity index (χ1v) is 10.5. The summed E-state index contributed by atoms with van der Waals surface area (Å²) in [4.78, 5) is 4.35. The standard InChI is InChI=1S/C20H14IN2OS/c1-14-23-19(13-25-14)6-3-15-9-16(12-22)11-18(10-15)21-17-4-7-20(24-2)8-5-17/h4-5,7-11,13H,1-2H3/q+1. The summed E-state index contributed by atoms with van der Waals surface area (Å²) >= 11 is 1.20. The van der Waals surface area contributed by atoms with Crippen molar-refractivity contribution in [2.75, 3.05) is 7.11 Å². The lowest BCUT2D eigenvalue weighted by Crippen LogP contribution is -3.61. The van der Waals surface area contributed by atoms with Crippen LogP contribution >= 0.6 is 11.3 Å². The van der Waals surface area contributed by atoms with Crippen LogP contribution < -0.4 is 25.9 Å². The summed E-state index contributed by atoms with van der Waals surface area (Å²) in [5, 5.41) is 12.2. The minimum atomic E-state index is -0.380. The molecule has 0 fully saturated rings. The number of nitriles is 1. The van der Waals surface area contributed by atoms with Crippen LogP contribution in [0.2, 0.25) is 0 Å². The number of ether oxygens (including phenoxy) is 1. The Kier molecular flexibility index (Phi) is 5.70. The largest absolute Gasteiger partial charge is 0.497 e. The van der Waals surface area contributed by atoms with Crippen LogP contribution in [0.15, 0.2) is 47.8 Å². The predicted octanol–water partition coefficient (Wildman–Crippen LogP) is 0.860. The van der Waals surface area contributed by atoms with Crippen molar-refractivity contribution < 1.29 is 25.9 Å². The lowest BCUT2D eigenvalue weighted by atomic mass is 10.1. The summed E-state index contributed by atoms with van der Waals surface area (Å²) in [6.07, 6.45) is 0. The lowest BCUT2D eigenvalue weighted by Gasteiger charge is -1.96.